The van der Waals surface area contributed by atoms with Crippen molar-refractivity contribution in [1.82, 2.24) is 4.90 Å². The monoisotopic (exact) mass is 450 g/mol. The molecule has 2 aromatic carbocycles. The smallest absolute Gasteiger partial charge is 0.343 e. The second-order valence-corrected chi connectivity index (χ2v) is 9.44. The molecule has 2 aliphatic heterocycles. The van der Waals surface area contributed by atoms with Crippen LogP contribution in [0.1, 0.15) is 32.4 Å². The van der Waals surface area contributed by atoms with Crippen LogP contribution in [0, 0.1) is 5.92 Å². The Balaban J connectivity index is 1.78. The summed E-state index contributed by atoms with van der Waals surface area (Å²) in [5.74, 6) is 0.461. The number of carbonyl (C=O) groups excluding carboxylic acids is 1. The highest BCUT2D eigenvalue weighted by atomic mass is 32.1. The molecule has 0 spiro atoms. The minimum absolute atomic E-state index is 0.0360. The molecule has 2 aliphatic rings. The van der Waals surface area contributed by atoms with E-state index in [-0.39, 0.29) is 17.8 Å². The first-order valence-electron chi connectivity index (χ1n) is 11.1. The Morgan fingerprint density at radius 2 is 1.81 bits per heavy atom. The molecule has 1 N–H and O–H groups in total. The topological polar surface area (TPSA) is 56.9 Å². The summed E-state index contributed by atoms with van der Waals surface area (Å²) >= 11 is 1.52. The van der Waals surface area contributed by atoms with Crippen LogP contribution >= 0.6 is 11.3 Å². The fraction of sp³-hybridized carbons (Fsp3) is 0.360. The van der Waals surface area contributed by atoms with Gasteiger partial charge in [0.25, 0.3) is 5.72 Å². The van der Waals surface area contributed by atoms with E-state index in [1.807, 2.05) is 96.8 Å². The van der Waals surface area contributed by atoms with Crippen molar-refractivity contribution in [3.8, 4) is 22.1 Å². The number of ether oxygens (including phenoxy) is 1. The molecule has 0 radical (unpaired) electrons. The van der Waals surface area contributed by atoms with Gasteiger partial charge >= 0.3 is 11.0 Å². The lowest BCUT2D eigenvalue weighted by atomic mass is 9.78. The first-order valence-corrected chi connectivity index (χ1v) is 11.9. The van der Waals surface area contributed by atoms with Crippen LogP contribution in [0.2, 0.25) is 0 Å². The summed E-state index contributed by atoms with van der Waals surface area (Å²) in [6, 6.07) is 17.4. The number of anilines is 1. The van der Waals surface area contributed by atoms with E-state index in [0.717, 1.165) is 26.9 Å². The summed E-state index contributed by atoms with van der Waals surface area (Å²) in [6.07, 6.45) is 0. The lowest BCUT2D eigenvalue weighted by Gasteiger charge is -2.49. The van der Waals surface area contributed by atoms with Crippen molar-refractivity contribution in [2.45, 2.75) is 32.5 Å². The van der Waals surface area contributed by atoms with Crippen LogP contribution in [0.4, 0.5) is 5.13 Å². The fourth-order valence-electron chi connectivity index (χ4n) is 5.07. The van der Waals surface area contributed by atoms with Gasteiger partial charge in [0.1, 0.15) is 10.6 Å². The molecule has 3 atom stereocenters. The van der Waals surface area contributed by atoms with E-state index in [4.69, 9.17) is 4.74 Å². The van der Waals surface area contributed by atoms with E-state index in [2.05, 4.69) is 0 Å². The van der Waals surface area contributed by atoms with Gasteiger partial charge in [-0.3, -0.25) is 4.79 Å². The van der Waals surface area contributed by atoms with Crippen LogP contribution in [0.5, 0.6) is 11.6 Å². The van der Waals surface area contributed by atoms with Crippen LogP contribution in [-0.2, 0) is 4.79 Å². The Kier molecular flexibility index (Phi) is 4.89. The molecule has 3 aromatic rings. The van der Waals surface area contributed by atoms with E-state index >= 15 is 0 Å². The highest BCUT2D eigenvalue weighted by Gasteiger charge is 2.65. The molecule has 3 heterocycles. The zero-order valence-electron chi connectivity index (χ0n) is 18.8. The number of para-hydroxylation sites is 1. The molecule has 5 rings (SSSR count). The van der Waals surface area contributed by atoms with E-state index in [1.54, 1.807) is 0 Å². The molecule has 3 unspecified atom stereocenters. The third-order valence-electron chi connectivity index (χ3n) is 6.89. The number of hydrogen-bond acceptors (Lipinski definition) is 5. The van der Waals surface area contributed by atoms with Crippen molar-refractivity contribution < 1.29 is 19.2 Å². The summed E-state index contributed by atoms with van der Waals surface area (Å²) in [6.45, 7) is 7.24. The van der Waals surface area contributed by atoms with Crippen molar-refractivity contribution >= 4 is 22.4 Å². The standard InChI is InChI=1S/C25H27N3O3S/c1-5-27(6-2)22(29)19-20-17-14-10-11-15-18(17)31-25(19,3)26(4)24-28(20)23(30)21(32-24)16-12-8-7-9-13-16/h7-15,19-20H,5-6H2,1-4H3/p+1. The second-order valence-electron chi connectivity index (χ2n) is 8.46. The van der Waals surface area contributed by atoms with Gasteiger partial charge in [0.05, 0.1) is 7.05 Å². The van der Waals surface area contributed by atoms with Crippen LogP contribution in [0.3, 0.4) is 0 Å². The molecule has 0 aliphatic carbocycles. The quantitative estimate of drug-likeness (QED) is 0.610. The Morgan fingerprint density at radius 3 is 2.50 bits per heavy atom. The number of benzene rings is 2. The van der Waals surface area contributed by atoms with Gasteiger partial charge in [-0.2, -0.15) is 4.57 Å². The largest absolute Gasteiger partial charge is 0.477 e. The fourth-order valence-corrected chi connectivity index (χ4v) is 6.31. The molecule has 1 amide bonds. The summed E-state index contributed by atoms with van der Waals surface area (Å²) in [7, 11) is 1.95. The molecule has 0 fully saturated rings. The average molecular weight is 451 g/mol. The third kappa shape index (κ3) is 2.77. The number of carbonyl (C=O) groups is 1. The van der Waals surface area contributed by atoms with Gasteiger partial charge in [0.15, 0.2) is 12.0 Å². The highest BCUT2D eigenvalue weighted by molar-refractivity contribution is 7.18. The maximum atomic E-state index is 13.9. The Labute approximate surface area is 192 Å². The number of aromatic nitrogens is 1. The third-order valence-corrected chi connectivity index (χ3v) is 8.16. The molecule has 7 heteroatoms. The Hall–Kier alpha value is -3.06. The van der Waals surface area contributed by atoms with Crippen molar-refractivity contribution in [3.63, 3.8) is 0 Å². The predicted octanol–water partition coefficient (Wildman–Crippen LogP) is 4.04. The molecule has 0 saturated heterocycles. The Morgan fingerprint density at radius 1 is 1.16 bits per heavy atom. The maximum Gasteiger partial charge on any atom is 0.343 e. The normalized spacial score (nSPS) is 23.2. The van der Waals surface area contributed by atoms with Gasteiger partial charge < -0.3 is 14.7 Å². The SMILES string of the molecule is CCN(CC)C(=O)C1C2c3ccccc3OC1(C)N(C)c1sc(-c3ccccc3)c(O)[n+]12. The predicted molar refractivity (Wildman–Crippen MR) is 125 cm³/mol. The van der Waals surface area contributed by atoms with E-state index in [9.17, 15) is 9.90 Å². The molecule has 1 aromatic heterocycles. The van der Waals surface area contributed by atoms with Crippen molar-refractivity contribution in [2.75, 3.05) is 25.0 Å². The van der Waals surface area contributed by atoms with Crippen LogP contribution in [0.25, 0.3) is 10.4 Å². The number of rotatable bonds is 4. The van der Waals surface area contributed by atoms with Gasteiger partial charge in [-0.25, -0.2) is 4.90 Å². The van der Waals surface area contributed by atoms with Crippen LogP contribution in [0.15, 0.2) is 54.6 Å². The second kappa shape index (κ2) is 7.52. The Bertz CT molecular complexity index is 1170. The molecule has 166 valence electrons. The zero-order chi connectivity index (χ0) is 22.6. The first kappa shape index (κ1) is 20.8. The van der Waals surface area contributed by atoms with E-state index in [1.165, 1.54) is 11.3 Å². The van der Waals surface area contributed by atoms with Gasteiger partial charge in [-0.1, -0.05) is 48.5 Å². The number of amides is 1. The van der Waals surface area contributed by atoms with Gasteiger partial charge in [0.2, 0.25) is 5.91 Å². The number of thiazole rings is 1. The van der Waals surface area contributed by atoms with Crippen LogP contribution in [-0.4, -0.2) is 41.8 Å². The van der Waals surface area contributed by atoms with Gasteiger partial charge in [-0.15, -0.1) is 0 Å². The minimum Gasteiger partial charge on any atom is -0.477 e. The summed E-state index contributed by atoms with van der Waals surface area (Å²) in [5.41, 5.74) is 0.984. The van der Waals surface area contributed by atoms with E-state index < -0.39 is 11.6 Å². The summed E-state index contributed by atoms with van der Waals surface area (Å²) in [5, 5.41) is 12.4. The number of nitrogens with zero attached hydrogens (tertiary/aromatic N) is 3. The average Bonchev–Trinajstić information content (AvgIpc) is 3.15. The molecular weight excluding hydrogens is 422 g/mol. The maximum absolute atomic E-state index is 13.9. The summed E-state index contributed by atoms with van der Waals surface area (Å²) in [4.78, 5) is 18.5. The lowest BCUT2D eigenvalue weighted by molar-refractivity contribution is -0.718. The van der Waals surface area contributed by atoms with Crippen molar-refractivity contribution in [2.24, 2.45) is 5.92 Å². The first-order chi connectivity index (χ1) is 15.4. The van der Waals surface area contributed by atoms with Crippen molar-refractivity contribution in [3.05, 3.63) is 60.2 Å². The van der Waals surface area contributed by atoms with Crippen molar-refractivity contribution in [1.29, 1.82) is 0 Å². The van der Waals surface area contributed by atoms with Gasteiger partial charge in [-0.05, 0) is 36.8 Å². The zero-order valence-corrected chi connectivity index (χ0v) is 19.6. The van der Waals surface area contributed by atoms with Gasteiger partial charge in [0, 0.05) is 25.6 Å². The molecular formula is C25H28N3O3S+. The molecule has 0 saturated carbocycles. The molecule has 6 nitrogen and oxygen atoms in total. The number of fused-ring (bicyclic) bond motifs is 6. The highest BCUT2D eigenvalue weighted by Crippen LogP contribution is 2.53. The summed E-state index contributed by atoms with van der Waals surface area (Å²) < 4.78 is 8.51. The lowest BCUT2D eigenvalue weighted by Crippen LogP contribution is -2.72. The van der Waals surface area contributed by atoms with E-state index in [0.29, 0.717) is 13.1 Å². The molecule has 32 heavy (non-hydrogen) atoms. The minimum atomic E-state index is -0.885. The number of hydrogen-bond donors (Lipinski definition) is 1. The number of aromatic hydroxyl groups is 1. The molecule has 2 bridgehead atoms. The van der Waals surface area contributed by atoms with Crippen LogP contribution < -0.4 is 14.2 Å².